The summed E-state index contributed by atoms with van der Waals surface area (Å²) < 4.78 is 68.4. The number of rotatable bonds is 71. The van der Waals surface area contributed by atoms with Crippen LogP contribution >= 0.6 is 15.6 Å². The molecule has 17 nitrogen and oxygen atoms in total. The lowest BCUT2D eigenvalue weighted by Gasteiger charge is -2.21. The summed E-state index contributed by atoms with van der Waals surface area (Å²) in [6.07, 6.45) is 48.6. The standard InChI is InChI=1S/C73H142O17P2/c1-8-10-11-12-13-14-15-21-28-33-42-49-56-72(77)90-69(61-84-71(76)55-48-41-36-35-38-45-52-65(5)6)63-88-92(81,82)86-59-67(74)58-85-91(79,80)87-62-68(60-83-70(75)54-47-40-32-27-24-23-26-31-39-46-53-66(7)9-2)89-73(78)57-50-43-34-29-22-19-17-16-18-20-25-30-37-44-51-64(3)4/h64-69,74H,8-63H2,1-7H3,(H,79,80)(H,81,82)/t66?,67-,68-,69-/m1/s1. The smallest absolute Gasteiger partial charge is 0.462 e. The molecule has 0 rings (SSSR count). The molecule has 0 radical (unpaired) electrons. The molecule has 0 aromatic heterocycles. The van der Waals surface area contributed by atoms with Gasteiger partial charge in [0, 0.05) is 25.7 Å². The van der Waals surface area contributed by atoms with Crippen LogP contribution in [0.25, 0.3) is 0 Å². The highest BCUT2D eigenvalue weighted by Crippen LogP contribution is 2.45. The average molecular weight is 1350 g/mol. The second kappa shape index (κ2) is 63.8. The van der Waals surface area contributed by atoms with Crippen molar-refractivity contribution in [3.8, 4) is 0 Å². The Bertz CT molecular complexity index is 1800. The fourth-order valence-electron chi connectivity index (χ4n) is 11.0. The van der Waals surface area contributed by atoms with Crippen LogP contribution in [0.15, 0.2) is 0 Å². The summed E-state index contributed by atoms with van der Waals surface area (Å²) in [5, 5.41) is 10.6. The molecule has 3 unspecified atom stereocenters. The van der Waals surface area contributed by atoms with Gasteiger partial charge in [-0.1, -0.05) is 318 Å². The lowest BCUT2D eigenvalue weighted by atomic mass is 9.99. The first-order chi connectivity index (χ1) is 44.3. The number of esters is 4. The first-order valence-electron chi connectivity index (χ1n) is 37.9. The molecule has 0 saturated heterocycles. The van der Waals surface area contributed by atoms with E-state index in [0.29, 0.717) is 31.6 Å². The number of aliphatic hydroxyl groups is 1. The Hall–Kier alpha value is -1.94. The van der Waals surface area contributed by atoms with Gasteiger partial charge in [0.15, 0.2) is 12.2 Å². The van der Waals surface area contributed by atoms with Gasteiger partial charge in [-0.05, 0) is 43.4 Å². The Balaban J connectivity index is 5.24. The van der Waals surface area contributed by atoms with Gasteiger partial charge in [-0.25, -0.2) is 9.13 Å². The molecule has 0 aliphatic rings. The van der Waals surface area contributed by atoms with Crippen LogP contribution in [-0.4, -0.2) is 96.7 Å². The molecule has 0 spiro atoms. The highest BCUT2D eigenvalue weighted by Gasteiger charge is 2.30. The lowest BCUT2D eigenvalue weighted by molar-refractivity contribution is -0.161. The molecule has 0 bridgehead atoms. The molecule has 0 aliphatic heterocycles. The van der Waals surface area contributed by atoms with E-state index in [0.717, 1.165) is 108 Å². The number of carbonyl (C=O) groups is 4. The number of aliphatic hydroxyl groups excluding tert-OH is 1. The molecular formula is C73H142O17P2. The third kappa shape index (κ3) is 65.4. The van der Waals surface area contributed by atoms with Crippen LogP contribution in [0.1, 0.15) is 370 Å². The Kier molecular flexibility index (Phi) is 62.4. The Morgan fingerprint density at radius 1 is 0.315 bits per heavy atom. The molecule has 0 heterocycles. The number of phosphoric ester groups is 2. The number of unbranched alkanes of at least 4 members (excludes halogenated alkanes) is 38. The van der Waals surface area contributed by atoms with Crippen molar-refractivity contribution in [2.45, 2.75) is 388 Å². The fraction of sp³-hybridized carbons (Fsp3) is 0.945. The van der Waals surface area contributed by atoms with E-state index in [4.69, 9.17) is 37.0 Å². The summed E-state index contributed by atoms with van der Waals surface area (Å²) in [6, 6.07) is 0. The predicted octanol–water partition coefficient (Wildman–Crippen LogP) is 21.0. The van der Waals surface area contributed by atoms with Crippen molar-refractivity contribution in [3.05, 3.63) is 0 Å². The summed E-state index contributed by atoms with van der Waals surface area (Å²) in [5.41, 5.74) is 0. The topological polar surface area (TPSA) is 237 Å². The summed E-state index contributed by atoms with van der Waals surface area (Å²) in [4.78, 5) is 72.6. The van der Waals surface area contributed by atoms with E-state index in [1.54, 1.807) is 0 Å². The molecule has 6 atom stereocenters. The van der Waals surface area contributed by atoms with Gasteiger partial charge in [0.25, 0.3) is 0 Å². The Morgan fingerprint density at radius 3 is 0.826 bits per heavy atom. The van der Waals surface area contributed by atoms with Crippen LogP contribution in [-0.2, 0) is 65.4 Å². The molecule has 0 aromatic rings. The quantitative estimate of drug-likeness (QED) is 0.0222. The number of ether oxygens (including phenoxy) is 4. The van der Waals surface area contributed by atoms with Gasteiger partial charge in [0.1, 0.15) is 19.3 Å². The van der Waals surface area contributed by atoms with Crippen molar-refractivity contribution in [1.29, 1.82) is 0 Å². The molecule has 3 N–H and O–H groups in total. The summed E-state index contributed by atoms with van der Waals surface area (Å²) >= 11 is 0. The van der Waals surface area contributed by atoms with E-state index in [9.17, 15) is 43.2 Å². The molecule has 0 saturated carbocycles. The highest BCUT2D eigenvalue weighted by atomic mass is 31.2. The maximum absolute atomic E-state index is 13.1. The zero-order valence-corrected chi connectivity index (χ0v) is 61.8. The zero-order valence-electron chi connectivity index (χ0n) is 60.0. The largest absolute Gasteiger partial charge is 0.472 e. The second-order valence-electron chi connectivity index (χ2n) is 27.5. The maximum Gasteiger partial charge on any atom is 0.472 e. The first kappa shape index (κ1) is 90.1. The Morgan fingerprint density at radius 2 is 0.554 bits per heavy atom. The monoisotopic (exact) mass is 1350 g/mol. The first-order valence-corrected chi connectivity index (χ1v) is 40.9. The molecule has 0 fully saturated rings. The molecule has 0 amide bonds. The number of phosphoric acid groups is 2. The summed E-state index contributed by atoms with van der Waals surface area (Å²) in [7, 11) is -9.91. The van der Waals surface area contributed by atoms with E-state index >= 15 is 0 Å². The minimum atomic E-state index is -4.96. The normalized spacial score (nSPS) is 14.4. The van der Waals surface area contributed by atoms with Crippen LogP contribution in [0.2, 0.25) is 0 Å². The van der Waals surface area contributed by atoms with Crippen molar-refractivity contribution in [3.63, 3.8) is 0 Å². The van der Waals surface area contributed by atoms with Gasteiger partial charge in [0.2, 0.25) is 0 Å². The highest BCUT2D eigenvalue weighted by molar-refractivity contribution is 7.47. The number of hydrogen-bond acceptors (Lipinski definition) is 15. The van der Waals surface area contributed by atoms with E-state index in [2.05, 4.69) is 48.5 Å². The van der Waals surface area contributed by atoms with Crippen molar-refractivity contribution in [2.24, 2.45) is 17.8 Å². The van der Waals surface area contributed by atoms with Crippen molar-refractivity contribution < 1.29 is 80.2 Å². The van der Waals surface area contributed by atoms with Crippen molar-refractivity contribution >= 4 is 39.5 Å². The fourth-order valence-corrected chi connectivity index (χ4v) is 12.6. The van der Waals surface area contributed by atoms with Crippen molar-refractivity contribution in [1.82, 2.24) is 0 Å². The predicted molar refractivity (Wildman–Crippen MR) is 372 cm³/mol. The van der Waals surface area contributed by atoms with Gasteiger partial charge in [-0.2, -0.15) is 0 Å². The third-order valence-corrected chi connectivity index (χ3v) is 19.1. The van der Waals surface area contributed by atoms with Gasteiger partial charge >= 0.3 is 39.5 Å². The third-order valence-electron chi connectivity index (χ3n) is 17.2. The molecule has 0 aliphatic carbocycles. The summed E-state index contributed by atoms with van der Waals surface area (Å²) in [6.45, 7) is 11.8. The minimum Gasteiger partial charge on any atom is -0.462 e. The van der Waals surface area contributed by atoms with Crippen LogP contribution in [0.3, 0.4) is 0 Å². The van der Waals surface area contributed by atoms with Gasteiger partial charge in [-0.3, -0.25) is 37.3 Å². The van der Waals surface area contributed by atoms with Crippen LogP contribution in [0.5, 0.6) is 0 Å². The molecule has 0 aromatic carbocycles. The summed E-state index contributed by atoms with van der Waals surface area (Å²) in [5.74, 6) is 0.162. The second-order valence-corrected chi connectivity index (χ2v) is 30.4. The molecule has 19 heteroatoms. The van der Waals surface area contributed by atoms with Crippen LogP contribution in [0, 0.1) is 17.8 Å². The van der Waals surface area contributed by atoms with Crippen molar-refractivity contribution in [2.75, 3.05) is 39.6 Å². The zero-order chi connectivity index (χ0) is 68.0. The van der Waals surface area contributed by atoms with E-state index in [1.165, 1.54) is 173 Å². The molecule has 546 valence electrons. The average Bonchev–Trinajstić information content (AvgIpc) is 1.67. The van der Waals surface area contributed by atoms with Crippen LogP contribution < -0.4 is 0 Å². The van der Waals surface area contributed by atoms with Gasteiger partial charge < -0.3 is 33.8 Å². The van der Waals surface area contributed by atoms with Gasteiger partial charge in [-0.15, -0.1) is 0 Å². The number of carbonyl (C=O) groups excluding carboxylic acids is 4. The maximum atomic E-state index is 13.1. The van der Waals surface area contributed by atoms with E-state index in [-0.39, 0.29) is 25.7 Å². The van der Waals surface area contributed by atoms with E-state index in [1.807, 2.05) is 0 Å². The van der Waals surface area contributed by atoms with Gasteiger partial charge in [0.05, 0.1) is 26.4 Å². The van der Waals surface area contributed by atoms with Crippen LogP contribution in [0.4, 0.5) is 0 Å². The van der Waals surface area contributed by atoms with E-state index < -0.39 is 97.5 Å². The Labute approximate surface area is 562 Å². The minimum absolute atomic E-state index is 0.106. The molecule has 92 heavy (non-hydrogen) atoms. The number of hydrogen-bond donors (Lipinski definition) is 3. The SMILES string of the molecule is CCCCCCCCCCCCCCC(=O)O[C@H](COC(=O)CCCCCCCCC(C)C)COP(=O)(O)OC[C@H](O)COP(=O)(O)OC[C@@H](COC(=O)CCCCCCCCCCCCC(C)CC)OC(=O)CCCCCCCCCCCCCCCCC(C)C. The lowest BCUT2D eigenvalue weighted by Crippen LogP contribution is -2.30. The molecular weight excluding hydrogens is 1210 g/mol.